The predicted octanol–water partition coefficient (Wildman–Crippen LogP) is 2.84. The second-order valence-corrected chi connectivity index (χ2v) is 7.36. The van der Waals surface area contributed by atoms with E-state index in [1.165, 1.54) is 25.1 Å². The second-order valence-electron chi connectivity index (χ2n) is 7.36. The van der Waals surface area contributed by atoms with Crippen molar-refractivity contribution in [2.45, 2.75) is 45.5 Å². The monoisotopic (exact) mass is 401 g/mol. The van der Waals surface area contributed by atoms with Gasteiger partial charge in [0.1, 0.15) is 18.2 Å². The van der Waals surface area contributed by atoms with E-state index in [2.05, 4.69) is 5.32 Å². The Morgan fingerprint density at radius 1 is 1.18 bits per heavy atom. The van der Waals surface area contributed by atoms with Gasteiger partial charge in [-0.15, -0.1) is 0 Å². The van der Waals surface area contributed by atoms with Gasteiger partial charge in [-0.25, -0.2) is 4.79 Å². The molecular weight excluding hydrogens is 379 g/mol. The van der Waals surface area contributed by atoms with E-state index in [0.717, 1.165) is 4.90 Å². The zero-order chi connectivity index (χ0) is 21.3. The minimum absolute atomic E-state index is 0.0616. The number of rotatable bonds is 2. The number of benzene rings is 1. The van der Waals surface area contributed by atoms with Gasteiger partial charge in [0.2, 0.25) is 5.91 Å². The maximum absolute atomic E-state index is 13.1. The summed E-state index contributed by atoms with van der Waals surface area (Å²) < 4.78 is 44.5. The SMILES string of the molecule is CC(=O)N1C[C@H](NC(=O)OC(C)(C)C)C(=O)N(CC(F)(F)F)c2ccccc21. The van der Waals surface area contributed by atoms with Gasteiger partial charge in [0.15, 0.2) is 0 Å². The Morgan fingerprint density at radius 3 is 2.25 bits per heavy atom. The minimum Gasteiger partial charge on any atom is -0.444 e. The molecule has 28 heavy (non-hydrogen) atoms. The zero-order valence-electron chi connectivity index (χ0n) is 16.0. The van der Waals surface area contributed by atoms with Crippen molar-refractivity contribution in [3.63, 3.8) is 0 Å². The highest BCUT2D eigenvalue weighted by Gasteiger charge is 2.41. The fraction of sp³-hybridized carbons (Fsp3) is 0.500. The third kappa shape index (κ3) is 5.37. The lowest BCUT2D eigenvalue weighted by atomic mass is 10.2. The number of nitrogens with zero attached hydrogens (tertiary/aromatic N) is 2. The standard InChI is InChI=1S/C18H22F3N3O4/c1-11(25)23-9-12(22-16(27)28-17(2,3)4)15(26)24(10-18(19,20)21)14-8-6-5-7-13(14)23/h5-8,12H,9-10H2,1-4H3,(H,22,27)/t12-/m0/s1. The molecule has 0 unspecified atom stereocenters. The molecule has 0 aliphatic carbocycles. The van der Waals surface area contributed by atoms with Gasteiger partial charge < -0.3 is 15.0 Å². The fourth-order valence-corrected chi connectivity index (χ4v) is 2.78. The number of para-hydroxylation sites is 2. The minimum atomic E-state index is -4.68. The first-order valence-electron chi connectivity index (χ1n) is 8.53. The highest BCUT2D eigenvalue weighted by molar-refractivity contribution is 6.07. The number of anilines is 2. The van der Waals surface area contributed by atoms with E-state index < -0.39 is 42.3 Å². The number of carbonyl (C=O) groups is 3. The molecule has 0 fully saturated rings. The van der Waals surface area contributed by atoms with E-state index in [0.29, 0.717) is 4.90 Å². The van der Waals surface area contributed by atoms with Gasteiger partial charge in [0.05, 0.1) is 17.9 Å². The van der Waals surface area contributed by atoms with Crippen molar-refractivity contribution in [2.75, 3.05) is 22.9 Å². The highest BCUT2D eigenvalue weighted by atomic mass is 19.4. The largest absolute Gasteiger partial charge is 0.444 e. The fourth-order valence-electron chi connectivity index (χ4n) is 2.78. The molecule has 0 saturated heterocycles. The summed E-state index contributed by atoms with van der Waals surface area (Å²) in [5.41, 5.74) is -0.776. The van der Waals surface area contributed by atoms with E-state index in [1.54, 1.807) is 26.8 Å². The molecule has 7 nitrogen and oxygen atoms in total. The Balaban J connectivity index is 2.45. The number of alkyl halides is 3. The first-order valence-corrected chi connectivity index (χ1v) is 8.53. The van der Waals surface area contributed by atoms with Gasteiger partial charge in [0.25, 0.3) is 5.91 Å². The van der Waals surface area contributed by atoms with Crippen LogP contribution < -0.4 is 15.1 Å². The molecule has 0 saturated carbocycles. The van der Waals surface area contributed by atoms with Gasteiger partial charge in [-0.3, -0.25) is 14.5 Å². The van der Waals surface area contributed by atoms with Crippen molar-refractivity contribution in [3.05, 3.63) is 24.3 Å². The average Bonchev–Trinajstić information content (AvgIpc) is 2.62. The molecule has 0 aromatic heterocycles. The lowest BCUT2D eigenvalue weighted by Crippen LogP contribution is -2.54. The molecular formula is C18H22F3N3O4. The smallest absolute Gasteiger partial charge is 0.408 e. The number of nitrogens with one attached hydrogen (secondary N) is 1. The van der Waals surface area contributed by atoms with E-state index in [1.807, 2.05) is 0 Å². The van der Waals surface area contributed by atoms with E-state index in [-0.39, 0.29) is 17.9 Å². The zero-order valence-corrected chi connectivity index (χ0v) is 16.0. The third-order valence-electron chi connectivity index (χ3n) is 3.80. The normalized spacial score (nSPS) is 17.7. The number of ether oxygens (including phenoxy) is 1. The maximum atomic E-state index is 13.1. The van der Waals surface area contributed by atoms with Crippen LogP contribution in [0.5, 0.6) is 0 Å². The molecule has 0 bridgehead atoms. The quantitative estimate of drug-likeness (QED) is 0.827. The van der Waals surface area contributed by atoms with Crippen molar-refractivity contribution >= 4 is 29.3 Å². The summed E-state index contributed by atoms with van der Waals surface area (Å²) in [7, 11) is 0. The first-order chi connectivity index (χ1) is 12.8. The van der Waals surface area contributed by atoms with Gasteiger partial charge in [-0.2, -0.15) is 13.2 Å². The number of hydrogen-bond donors (Lipinski definition) is 1. The number of alkyl carbamates (subject to hydrolysis) is 1. The van der Waals surface area contributed by atoms with Crippen LogP contribution in [0.3, 0.4) is 0 Å². The molecule has 10 heteroatoms. The Labute approximate surface area is 160 Å². The Hall–Kier alpha value is -2.78. The predicted molar refractivity (Wildman–Crippen MR) is 96.0 cm³/mol. The van der Waals surface area contributed by atoms with Crippen LogP contribution in [0, 0.1) is 0 Å². The number of fused-ring (bicyclic) bond motifs is 1. The summed E-state index contributed by atoms with van der Waals surface area (Å²) in [6.07, 6.45) is -5.64. The molecule has 1 aliphatic rings. The van der Waals surface area contributed by atoms with Gasteiger partial charge in [-0.05, 0) is 32.9 Å². The molecule has 1 aliphatic heterocycles. The van der Waals surface area contributed by atoms with E-state index >= 15 is 0 Å². The molecule has 3 amide bonds. The van der Waals surface area contributed by atoms with Crippen LogP contribution in [0.2, 0.25) is 0 Å². The lowest BCUT2D eigenvalue weighted by molar-refractivity contribution is -0.133. The van der Waals surface area contributed by atoms with Gasteiger partial charge in [0, 0.05) is 6.92 Å². The summed E-state index contributed by atoms with van der Waals surface area (Å²) in [6.45, 7) is 4.17. The molecule has 1 aromatic carbocycles. The Bertz CT molecular complexity index is 774. The van der Waals surface area contributed by atoms with Crippen LogP contribution in [0.25, 0.3) is 0 Å². The molecule has 0 spiro atoms. The van der Waals surface area contributed by atoms with Gasteiger partial charge >= 0.3 is 12.3 Å². The summed E-state index contributed by atoms with van der Waals surface area (Å²) in [6, 6.07) is 4.38. The molecule has 1 heterocycles. The van der Waals surface area contributed by atoms with E-state index in [9.17, 15) is 27.6 Å². The Kier molecular flexibility index (Phi) is 5.91. The van der Waals surface area contributed by atoms with Crippen LogP contribution in [-0.2, 0) is 14.3 Å². The topological polar surface area (TPSA) is 79.0 Å². The van der Waals surface area contributed by atoms with Crippen molar-refractivity contribution in [2.24, 2.45) is 0 Å². The molecule has 154 valence electrons. The van der Waals surface area contributed by atoms with Crippen LogP contribution in [0.4, 0.5) is 29.3 Å². The highest BCUT2D eigenvalue weighted by Crippen LogP contribution is 2.34. The molecule has 0 radical (unpaired) electrons. The summed E-state index contributed by atoms with van der Waals surface area (Å²) >= 11 is 0. The number of carbonyl (C=O) groups excluding carboxylic acids is 3. The average molecular weight is 401 g/mol. The Morgan fingerprint density at radius 2 is 1.75 bits per heavy atom. The van der Waals surface area contributed by atoms with Crippen molar-refractivity contribution in [3.8, 4) is 0 Å². The van der Waals surface area contributed by atoms with Crippen molar-refractivity contribution < 1.29 is 32.3 Å². The van der Waals surface area contributed by atoms with Crippen LogP contribution >= 0.6 is 0 Å². The third-order valence-corrected chi connectivity index (χ3v) is 3.80. The second kappa shape index (κ2) is 7.69. The van der Waals surface area contributed by atoms with Crippen molar-refractivity contribution in [1.29, 1.82) is 0 Å². The first kappa shape index (κ1) is 21.5. The number of halogens is 3. The van der Waals surface area contributed by atoms with Crippen LogP contribution in [0.15, 0.2) is 24.3 Å². The number of hydrogen-bond acceptors (Lipinski definition) is 4. The molecule has 2 rings (SSSR count). The van der Waals surface area contributed by atoms with Crippen molar-refractivity contribution in [1.82, 2.24) is 5.32 Å². The lowest BCUT2D eigenvalue weighted by Gasteiger charge is -2.27. The summed E-state index contributed by atoms with van der Waals surface area (Å²) in [4.78, 5) is 38.8. The van der Waals surface area contributed by atoms with Crippen LogP contribution in [-0.4, -0.2) is 48.8 Å². The maximum Gasteiger partial charge on any atom is 0.408 e. The molecule has 1 N–H and O–H groups in total. The summed E-state index contributed by atoms with van der Waals surface area (Å²) in [5.74, 6) is -1.47. The van der Waals surface area contributed by atoms with E-state index in [4.69, 9.17) is 4.74 Å². The van der Waals surface area contributed by atoms with Gasteiger partial charge in [-0.1, -0.05) is 12.1 Å². The molecule has 1 aromatic rings. The molecule has 1 atom stereocenters. The number of amides is 3. The van der Waals surface area contributed by atoms with Crippen LogP contribution in [0.1, 0.15) is 27.7 Å². The summed E-state index contributed by atoms with van der Waals surface area (Å²) in [5, 5.41) is 2.29.